The Morgan fingerprint density at radius 1 is 1.39 bits per heavy atom. The topological polar surface area (TPSA) is 113 Å². The third kappa shape index (κ3) is 6.11. The van der Waals surface area contributed by atoms with Crippen LogP contribution in [0.4, 0.5) is 5.69 Å². The summed E-state index contributed by atoms with van der Waals surface area (Å²) in [5.74, 6) is -1.72. The molecule has 0 aliphatic heterocycles. The third-order valence-corrected chi connectivity index (χ3v) is 3.65. The molecular weight excluding hydrogens is 320 g/mol. The molecule has 0 saturated carbocycles. The van der Waals surface area contributed by atoms with Gasteiger partial charge in [-0.3, -0.25) is 9.52 Å². The number of carboxylic acids is 1. The first-order chi connectivity index (χ1) is 10.6. The van der Waals surface area contributed by atoms with E-state index in [0.29, 0.717) is 12.0 Å². The van der Waals surface area contributed by atoms with Crippen LogP contribution in [0.3, 0.4) is 0 Å². The van der Waals surface area contributed by atoms with Gasteiger partial charge in [-0.05, 0) is 37.5 Å². The minimum absolute atomic E-state index is 0.173. The molecule has 3 N–H and O–H groups in total. The van der Waals surface area contributed by atoms with Gasteiger partial charge in [0.05, 0.1) is 11.9 Å². The van der Waals surface area contributed by atoms with Crippen molar-refractivity contribution in [2.24, 2.45) is 0 Å². The lowest BCUT2D eigenvalue weighted by atomic mass is 10.1. The fourth-order valence-corrected chi connectivity index (χ4v) is 2.48. The first-order valence-corrected chi connectivity index (χ1v) is 8.76. The monoisotopic (exact) mass is 340 g/mol. The van der Waals surface area contributed by atoms with E-state index in [2.05, 4.69) is 16.6 Å². The molecule has 126 valence electrons. The van der Waals surface area contributed by atoms with Gasteiger partial charge in [0.2, 0.25) is 10.0 Å². The number of aliphatic carboxylic acids is 1. The number of hydrogen-bond acceptors (Lipinski definition) is 4. The molecule has 1 atom stereocenters. The Balaban J connectivity index is 2.97. The Hall–Kier alpha value is -2.35. The summed E-state index contributed by atoms with van der Waals surface area (Å²) < 4.78 is 25.0. The highest BCUT2D eigenvalue weighted by atomic mass is 32.2. The SMILES string of the molecule is C=CCCC(NC(=O)c1ccc(C)c(NS(C)(=O)=O)c1)C(=O)O. The van der Waals surface area contributed by atoms with Crippen LogP contribution in [0.25, 0.3) is 0 Å². The maximum atomic E-state index is 12.2. The van der Waals surface area contributed by atoms with Crippen LogP contribution >= 0.6 is 0 Å². The predicted octanol–water partition coefficient (Wildman–Crippen LogP) is 1.52. The normalized spacial score (nSPS) is 12.3. The third-order valence-electron chi connectivity index (χ3n) is 3.06. The summed E-state index contributed by atoms with van der Waals surface area (Å²) in [5, 5.41) is 11.5. The molecule has 1 amide bonds. The van der Waals surface area contributed by atoms with Gasteiger partial charge in [-0.2, -0.15) is 0 Å². The van der Waals surface area contributed by atoms with Gasteiger partial charge >= 0.3 is 5.97 Å². The molecule has 0 heterocycles. The van der Waals surface area contributed by atoms with Crippen molar-refractivity contribution in [2.75, 3.05) is 11.0 Å². The standard InChI is InChI=1S/C15H20N2O5S/c1-4-5-6-12(15(19)20)16-14(18)11-8-7-10(2)13(9-11)17-23(3,21)22/h4,7-9,12,17H,1,5-6H2,2-3H3,(H,16,18)(H,19,20). The molecule has 0 aromatic heterocycles. The Morgan fingerprint density at radius 3 is 2.57 bits per heavy atom. The number of sulfonamides is 1. The van der Waals surface area contributed by atoms with Gasteiger partial charge in [-0.1, -0.05) is 12.1 Å². The average Bonchev–Trinajstić information content (AvgIpc) is 2.43. The van der Waals surface area contributed by atoms with Crippen LogP contribution in [0, 0.1) is 6.92 Å². The van der Waals surface area contributed by atoms with Crippen molar-refractivity contribution < 1.29 is 23.1 Å². The predicted molar refractivity (Wildman–Crippen MR) is 88.0 cm³/mol. The molecule has 0 aliphatic carbocycles. The lowest BCUT2D eigenvalue weighted by molar-refractivity contribution is -0.139. The van der Waals surface area contributed by atoms with E-state index in [0.717, 1.165) is 6.26 Å². The average molecular weight is 340 g/mol. The number of aryl methyl sites for hydroxylation is 1. The number of carbonyl (C=O) groups is 2. The highest BCUT2D eigenvalue weighted by Crippen LogP contribution is 2.18. The minimum atomic E-state index is -3.48. The summed E-state index contributed by atoms with van der Waals surface area (Å²) in [6.45, 7) is 5.21. The first kappa shape index (κ1) is 18.7. The van der Waals surface area contributed by atoms with Crippen LogP contribution in [0.15, 0.2) is 30.9 Å². The quantitative estimate of drug-likeness (QED) is 0.621. The number of allylic oxidation sites excluding steroid dienone is 1. The summed E-state index contributed by atoms with van der Waals surface area (Å²) in [6.07, 6.45) is 3.26. The lowest BCUT2D eigenvalue weighted by Crippen LogP contribution is -2.40. The van der Waals surface area contributed by atoms with E-state index in [1.165, 1.54) is 12.1 Å². The van der Waals surface area contributed by atoms with Crippen LogP contribution in [0.5, 0.6) is 0 Å². The number of hydrogen-bond donors (Lipinski definition) is 3. The maximum Gasteiger partial charge on any atom is 0.326 e. The fraction of sp³-hybridized carbons (Fsp3) is 0.333. The van der Waals surface area contributed by atoms with Gasteiger partial charge < -0.3 is 10.4 Å². The molecule has 0 bridgehead atoms. The number of nitrogens with one attached hydrogen (secondary N) is 2. The minimum Gasteiger partial charge on any atom is -0.480 e. The van der Waals surface area contributed by atoms with Gasteiger partial charge in [0.1, 0.15) is 6.04 Å². The summed E-state index contributed by atoms with van der Waals surface area (Å²) in [5.41, 5.74) is 1.10. The van der Waals surface area contributed by atoms with Crippen molar-refractivity contribution >= 4 is 27.6 Å². The van der Waals surface area contributed by atoms with E-state index >= 15 is 0 Å². The van der Waals surface area contributed by atoms with Crippen molar-refractivity contribution in [3.8, 4) is 0 Å². The largest absolute Gasteiger partial charge is 0.480 e. The van der Waals surface area contributed by atoms with E-state index in [-0.39, 0.29) is 17.7 Å². The Kier molecular flexibility index (Phi) is 6.32. The second-order valence-electron chi connectivity index (χ2n) is 5.13. The molecule has 0 radical (unpaired) electrons. The van der Waals surface area contributed by atoms with Crippen molar-refractivity contribution in [1.29, 1.82) is 0 Å². The van der Waals surface area contributed by atoms with Crippen molar-refractivity contribution in [1.82, 2.24) is 5.32 Å². The molecule has 0 spiro atoms. The zero-order chi connectivity index (χ0) is 17.6. The highest BCUT2D eigenvalue weighted by molar-refractivity contribution is 7.92. The van der Waals surface area contributed by atoms with Crippen molar-refractivity contribution in [2.45, 2.75) is 25.8 Å². The number of carbonyl (C=O) groups excluding carboxylic acids is 1. The molecule has 0 saturated heterocycles. The van der Waals surface area contributed by atoms with E-state index in [1.807, 2.05) is 0 Å². The Bertz CT molecular complexity index is 713. The van der Waals surface area contributed by atoms with Gasteiger partial charge in [0, 0.05) is 5.56 Å². The Morgan fingerprint density at radius 2 is 2.04 bits per heavy atom. The summed E-state index contributed by atoms with van der Waals surface area (Å²) in [6, 6.07) is 3.43. The molecule has 1 aromatic rings. The molecule has 1 aromatic carbocycles. The van der Waals surface area contributed by atoms with E-state index in [1.54, 1.807) is 19.1 Å². The van der Waals surface area contributed by atoms with Gasteiger partial charge in [-0.15, -0.1) is 6.58 Å². The second kappa shape index (κ2) is 7.77. The molecule has 0 fully saturated rings. The van der Waals surface area contributed by atoms with E-state index in [9.17, 15) is 18.0 Å². The zero-order valence-corrected chi connectivity index (χ0v) is 13.8. The molecule has 8 heteroatoms. The summed E-state index contributed by atoms with van der Waals surface area (Å²) in [4.78, 5) is 23.3. The van der Waals surface area contributed by atoms with Crippen LogP contribution in [-0.4, -0.2) is 37.7 Å². The Labute approximate surface area is 135 Å². The smallest absolute Gasteiger partial charge is 0.326 e. The van der Waals surface area contributed by atoms with Crippen LogP contribution in [0.1, 0.15) is 28.8 Å². The zero-order valence-electron chi connectivity index (χ0n) is 13.0. The molecule has 7 nitrogen and oxygen atoms in total. The molecular formula is C15H20N2O5S. The molecule has 1 rings (SSSR count). The second-order valence-corrected chi connectivity index (χ2v) is 6.88. The number of carboxylic acid groups (broad SMARTS) is 1. The first-order valence-electron chi connectivity index (χ1n) is 6.87. The molecule has 23 heavy (non-hydrogen) atoms. The number of amides is 1. The molecule has 0 aliphatic rings. The summed E-state index contributed by atoms with van der Waals surface area (Å²) >= 11 is 0. The van der Waals surface area contributed by atoms with Crippen molar-refractivity contribution in [3.63, 3.8) is 0 Å². The highest BCUT2D eigenvalue weighted by Gasteiger charge is 2.20. The van der Waals surface area contributed by atoms with Gasteiger partial charge in [-0.25, -0.2) is 13.2 Å². The summed E-state index contributed by atoms with van der Waals surface area (Å²) in [7, 11) is -3.48. The van der Waals surface area contributed by atoms with Crippen LogP contribution in [-0.2, 0) is 14.8 Å². The van der Waals surface area contributed by atoms with E-state index < -0.39 is 27.9 Å². The van der Waals surface area contributed by atoms with Gasteiger partial charge in [0.15, 0.2) is 0 Å². The van der Waals surface area contributed by atoms with Crippen molar-refractivity contribution in [3.05, 3.63) is 42.0 Å². The lowest BCUT2D eigenvalue weighted by Gasteiger charge is -2.15. The number of rotatable bonds is 8. The molecule has 1 unspecified atom stereocenters. The van der Waals surface area contributed by atoms with E-state index in [4.69, 9.17) is 5.11 Å². The maximum absolute atomic E-state index is 12.2. The fourth-order valence-electron chi connectivity index (χ4n) is 1.86. The van der Waals surface area contributed by atoms with Gasteiger partial charge in [0.25, 0.3) is 5.91 Å². The van der Waals surface area contributed by atoms with Crippen LogP contribution < -0.4 is 10.0 Å². The number of anilines is 1. The number of benzene rings is 1. The van der Waals surface area contributed by atoms with Crippen LogP contribution in [0.2, 0.25) is 0 Å².